The number of hydrogen-bond acceptors (Lipinski definition) is 4. The van der Waals surface area contributed by atoms with E-state index in [1.807, 2.05) is 60.7 Å². The highest BCUT2D eigenvalue weighted by atomic mass is 16.2. The Balaban J connectivity index is 1.92. The third kappa shape index (κ3) is 6.41. The molecule has 31 heavy (non-hydrogen) atoms. The third-order valence-electron chi connectivity index (χ3n) is 4.50. The van der Waals surface area contributed by atoms with Crippen molar-refractivity contribution in [1.29, 1.82) is 0 Å². The van der Waals surface area contributed by atoms with E-state index in [1.165, 1.54) is 11.6 Å². The Morgan fingerprint density at radius 3 is 2.45 bits per heavy atom. The number of aromatic nitrogens is 1. The van der Waals surface area contributed by atoms with E-state index in [1.54, 1.807) is 18.3 Å². The number of nitrogens with two attached hydrogens (primary N) is 1. The van der Waals surface area contributed by atoms with Crippen molar-refractivity contribution in [2.75, 3.05) is 5.73 Å². The molecule has 0 aliphatic rings. The summed E-state index contributed by atoms with van der Waals surface area (Å²) in [5.41, 5.74) is 11.6. The van der Waals surface area contributed by atoms with E-state index >= 15 is 0 Å². The van der Waals surface area contributed by atoms with Crippen LogP contribution >= 0.6 is 0 Å². The normalized spacial score (nSPS) is 12.2. The molecule has 4 heteroatoms. The number of aliphatic imine (C=N–C) groups is 1. The van der Waals surface area contributed by atoms with Gasteiger partial charge in [0.05, 0.1) is 35.2 Å². The Labute approximate surface area is 183 Å². The number of benzene rings is 2. The first-order valence-corrected chi connectivity index (χ1v) is 9.94. The average molecular weight is 408 g/mol. The van der Waals surface area contributed by atoms with Gasteiger partial charge in [-0.1, -0.05) is 85.5 Å². The van der Waals surface area contributed by atoms with Gasteiger partial charge in [0.2, 0.25) is 0 Å². The molecule has 3 N–H and O–H groups in total. The standard InChI is InChI=1S/C27H25N3O/c1-21(11-8-9-18-31)27(23-15-6-3-7-16-23)30-26-19-24(29-20-25(26)28)17-10-14-22-12-4-2-5-13-22/h2-13,15-20,31H,1,14,28H2/b11-8-,17-10+,18-9-,30-27?. The predicted molar refractivity (Wildman–Crippen MR) is 131 cm³/mol. The second-order valence-electron chi connectivity index (χ2n) is 6.81. The van der Waals surface area contributed by atoms with Gasteiger partial charge in [-0.25, -0.2) is 4.99 Å². The van der Waals surface area contributed by atoms with Crippen molar-refractivity contribution >= 4 is 23.2 Å². The lowest BCUT2D eigenvalue weighted by atomic mass is 10.0. The molecule has 1 heterocycles. The molecular weight excluding hydrogens is 382 g/mol. The molecule has 1 aromatic heterocycles. The maximum atomic E-state index is 8.86. The van der Waals surface area contributed by atoms with Crippen LogP contribution in [0.15, 0.2) is 121 Å². The number of anilines is 1. The first-order chi connectivity index (χ1) is 15.2. The van der Waals surface area contributed by atoms with Gasteiger partial charge in [0.15, 0.2) is 0 Å². The summed E-state index contributed by atoms with van der Waals surface area (Å²) in [6, 6.07) is 21.9. The van der Waals surface area contributed by atoms with Crippen LogP contribution in [0.25, 0.3) is 6.08 Å². The van der Waals surface area contributed by atoms with Gasteiger partial charge in [-0.2, -0.15) is 0 Å². The van der Waals surface area contributed by atoms with Gasteiger partial charge >= 0.3 is 0 Å². The highest BCUT2D eigenvalue weighted by molar-refractivity contribution is 6.15. The molecule has 0 atom stereocenters. The minimum absolute atomic E-state index is 0.487. The van der Waals surface area contributed by atoms with Crippen LogP contribution in [0.3, 0.4) is 0 Å². The van der Waals surface area contributed by atoms with E-state index in [2.05, 4.69) is 29.8 Å². The van der Waals surface area contributed by atoms with Crippen molar-refractivity contribution < 1.29 is 5.11 Å². The van der Waals surface area contributed by atoms with Crippen LogP contribution in [0.5, 0.6) is 0 Å². The zero-order valence-corrected chi connectivity index (χ0v) is 17.2. The topological polar surface area (TPSA) is 71.5 Å². The molecule has 0 spiro atoms. The van der Waals surface area contributed by atoms with Crippen LogP contribution in [0.2, 0.25) is 0 Å². The summed E-state index contributed by atoms with van der Waals surface area (Å²) < 4.78 is 0. The molecule has 2 aromatic carbocycles. The van der Waals surface area contributed by atoms with Crippen molar-refractivity contribution in [2.24, 2.45) is 4.99 Å². The van der Waals surface area contributed by atoms with Crippen LogP contribution in [-0.2, 0) is 6.42 Å². The van der Waals surface area contributed by atoms with E-state index in [0.29, 0.717) is 22.7 Å². The molecule has 0 aliphatic carbocycles. The molecule has 4 nitrogen and oxygen atoms in total. The smallest absolute Gasteiger partial charge is 0.0904 e. The number of allylic oxidation sites excluding steroid dienone is 5. The second-order valence-corrected chi connectivity index (χ2v) is 6.81. The van der Waals surface area contributed by atoms with E-state index < -0.39 is 0 Å². The highest BCUT2D eigenvalue weighted by Gasteiger charge is 2.08. The van der Waals surface area contributed by atoms with Crippen molar-refractivity contribution in [3.05, 3.63) is 132 Å². The van der Waals surface area contributed by atoms with E-state index in [9.17, 15) is 0 Å². The summed E-state index contributed by atoms with van der Waals surface area (Å²) in [6.45, 7) is 4.13. The minimum atomic E-state index is 0.487. The number of hydrogen-bond donors (Lipinski definition) is 2. The summed E-state index contributed by atoms with van der Waals surface area (Å²) in [7, 11) is 0. The van der Waals surface area contributed by atoms with Crippen LogP contribution in [0.1, 0.15) is 16.8 Å². The molecule has 0 radical (unpaired) electrons. The van der Waals surface area contributed by atoms with E-state index in [4.69, 9.17) is 15.8 Å². The fourth-order valence-electron chi connectivity index (χ4n) is 2.93. The van der Waals surface area contributed by atoms with Gasteiger partial charge in [0.1, 0.15) is 0 Å². The molecule has 154 valence electrons. The predicted octanol–water partition coefficient (Wildman–Crippen LogP) is 6.22. The lowest BCUT2D eigenvalue weighted by molar-refractivity contribution is 0.474. The molecule has 0 fully saturated rings. The average Bonchev–Trinajstić information content (AvgIpc) is 2.80. The summed E-state index contributed by atoms with van der Waals surface area (Å²) in [4.78, 5) is 9.22. The SMILES string of the molecule is C=C(/C=C\C=C/O)C(=Nc1cc(/C=C/Cc2ccccc2)ncc1N)c1ccccc1. The fraction of sp³-hybridized carbons (Fsp3) is 0.0370. The molecule has 0 amide bonds. The summed E-state index contributed by atoms with van der Waals surface area (Å²) in [5.74, 6) is 0. The number of rotatable bonds is 8. The maximum absolute atomic E-state index is 8.86. The van der Waals surface area contributed by atoms with E-state index in [-0.39, 0.29) is 0 Å². The monoisotopic (exact) mass is 407 g/mol. The van der Waals surface area contributed by atoms with Crippen molar-refractivity contribution in [3.8, 4) is 0 Å². The second kappa shape index (κ2) is 11.1. The summed E-state index contributed by atoms with van der Waals surface area (Å²) >= 11 is 0. The Morgan fingerprint density at radius 2 is 1.74 bits per heavy atom. The zero-order chi connectivity index (χ0) is 21.9. The maximum Gasteiger partial charge on any atom is 0.0904 e. The number of pyridine rings is 1. The Bertz CT molecular complexity index is 1130. The number of aliphatic hydroxyl groups is 1. The first-order valence-electron chi connectivity index (χ1n) is 9.94. The summed E-state index contributed by atoms with van der Waals surface area (Å²) in [5, 5.41) is 8.86. The van der Waals surface area contributed by atoms with Gasteiger partial charge < -0.3 is 10.8 Å². The molecule has 3 rings (SSSR count). The minimum Gasteiger partial charge on any atom is -0.516 e. The lowest BCUT2D eigenvalue weighted by Gasteiger charge is -2.09. The first kappa shape index (κ1) is 21.5. The van der Waals surface area contributed by atoms with Gasteiger partial charge in [-0.15, -0.1) is 0 Å². The number of nitrogen functional groups attached to an aromatic ring is 1. The number of aliphatic hydroxyl groups excluding tert-OH is 1. The zero-order valence-electron chi connectivity index (χ0n) is 17.2. The molecule has 0 saturated carbocycles. The van der Waals surface area contributed by atoms with Crippen molar-refractivity contribution in [2.45, 2.75) is 6.42 Å². The fourth-order valence-corrected chi connectivity index (χ4v) is 2.93. The van der Waals surface area contributed by atoms with Crippen molar-refractivity contribution in [1.82, 2.24) is 4.98 Å². The van der Waals surface area contributed by atoms with Crippen LogP contribution < -0.4 is 5.73 Å². The molecule has 0 bridgehead atoms. The Morgan fingerprint density at radius 1 is 1.03 bits per heavy atom. The molecule has 0 aliphatic heterocycles. The Hall–Kier alpha value is -4.18. The van der Waals surface area contributed by atoms with Gasteiger partial charge in [-0.3, -0.25) is 4.98 Å². The summed E-state index contributed by atoms with van der Waals surface area (Å²) in [6.07, 6.45) is 12.5. The van der Waals surface area contributed by atoms with Crippen LogP contribution in [-0.4, -0.2) is 15.8 Å². The van der Waals surface area contributed by atoms with E-state index in [0.717, 1.165) is 23.9 Å². The quantitative estimate of drug-likeness (QED) is 0.264. The van der Waals surface area contributed by atoms with Gasteiger partial charge in [-0.05, 0) is 35.8 Å². The molecule has 0 unspecified atom stereocenters. The molecule has 3 aromatic rings. The van der Waals surface area contributed by atoms with Crippen molar-refractivity contribution in [3.63, 3.8) is 0 Å². The number of nitrogens with zero attached hydrogens (tertiary/aromatic N) is 2. The van der Waals surface area contributed by atoms with Gasteiger partial charge in [0.25, 0.3) is 0 Å². The third-order valence-corrected chi connectivity index (χ3v) is 4.50. The highest BCUT2D eigenvalue weighted by Crippen LogP contribution is 2.25. The Kier molecular flexibility index (Phi) is 7.72. The largest absolute Gasteiger partial charge is 0.516 e. The molecular formula is C27H25N3O. The van der Waals surface area contributed by atoms with Crippen LogP contribution in [0, 0.1) is 0 Å². The van der Waals surface area contributed by atoms with Gasteiger partial charge in [0, 0.05) is 5.56 Å². The van der Waals surface area contributed by atoms with Crippen LogP contribution in [0.4, 0.5) is 11.4 Å². The lowest BCUT2D eigenvalue weighted by Crippen LogP contribution is -2.03. The molecule has 0 saturated heterocycles.